The van der Waals surface area contributed by atoms with Crippen molar-refractivity contribution in [1.29, 1.82) is 0 Å². The molecule has 0 fully saturated rings. The van der Waals surface area contributed by atoms with E-state index >= 15 is 0 Å². The minimum Gasteiger partial charge on any atom is -0.484 e. The van der Waals surface area contributed by atoms with Gasteiger partial charge in [-0.25, -0.2) is 4.79 Å². The summed E-state index contributed by atoms with van der Waals surface area (Å²) in [6.45, 7) is 4.60. The molecule has 0 amide bonds. The minimum atomic E-state index is -1.01. The lowest BCUT2D eigenvalue weighted by molar-refractivity contribution is -0.143. The van der Waals surface area contributed by atoms with E-state index < -0.39 is 18.7 Å². The Balaban J connectivity index is 3.68. The van der Waals surface area contributed by atoms with E-state index in [0.29, 0.717) is 0 Å². The molecule has 0 aliphatic heterocycles. The van der Waals surface area contributed by atoms with Gasteiger partial charge in [-0.2, -0.15) is 0 Å². The zero-order valence-electron chi connectivity index (χ0n) is 7.52. The molecule has 0 saturated carbocycles. The van der Waals surface area contributed by atoms with E-state index in [-0.39, 0.29) is 19.0 Å². The Labute approximate surface area is 76.6 Å². The van der Waals surface area contributed by atoms with Crippen molar-refractivity contribution in [2.75, 3.05) is 19.8 Å². The fourth-order valence-corrected chi connectivity index (χ4v) is 0.520. The van der Waals surface area contributed by atoms with Crippen molar-refractivity contribution >= 4 is 5.97 Å². The molecule has 0 saturated heterocycles. The highest BCUT2D eigenvalue weighted by molar-refractivity contribution is 5.85. The number of hydrogen-bond acceptors (Lipinski definition) is 5. The summed E-state index contributed by atoms with van der Waals surface area (Å²) in [7, 11) is 0. The van der Waals surface area contributed by atoms with E-state index in [2.05, 4.69) is 11.3 Å². The van der Waals surface area contributed by atoms with Gasteiger partial charge in [-0.3, -0.25) is 0 Å². The highest BCUT2D eigenvalue weighted by atomic mass is 16.6. The zero-order valence-corrected chi connectivity index (χ0v) is 7.52. The van der Waals surface area contributed by atoms with Gasteiger partial charge in [0.2, 0.25) is 0 Å². The molecule has 0 bridgehead atoms. The number of ether oxygens (including phenoxy) is 2. The first kappa shape index (κ1) is 11.9. The maximum Gasteiger partial charge on any atom is 0.372 e. The second-order valence-corrected chi connectivity index (χ2v) is 2.29. The van der Waals surface area contributed by atoms with Gasteiger partial charge in [-0.05, 0) is 13.5 Å². The number of carbonyl (C=O) groups excluding carboxylic acids is 1. The summed E-state index contributed by atoms with van der Waals surface area (Å²) < 4.78 is 9.29. The Morgan fingerprint density at radius 2 is 2.15 bits per heavy atom. The van der Waals surface area contributed by atoms with Crippen LogP contribution in [-0.2, 0) is 14.3 Å². The zero-order chi connectivity index (χ0) is 10.3. The lowest BCUT2D eigenvalue weighted by atomic mass is 10.4. The predicted octanol–water partition coefficient (Wildman–Crippen LogP) is -0.567. The van der Waals surface area contributed by atoms with Crippen molar-refractivity contribution in [3.05, 3.63) is 12.3 Å². The van der Waals surface area contributed by atoms with Gasteiger partial charge in [0, 0.05) is 0 Å². The summed E-state index contributed by atoms with van der Waals surface area (Å²) in [5.41, 5.74) is 0. The Morgan fingerprint density at radius 3 is 2.62 bits per heavy atom. The van der Waals surface area contributed by atoms with Gasteiger partial charge in [0.1, 0.15) is 12.7 Å². The summed E-state index contributed by atoms with van der Waals surface area (Å²) >= 11 is 0. The quantitative estimate of drug-likeness (QED) is 0.333. The summed E-state index contributed by atoms with van der Waals surface area (Å²) in [6.07, 6.45) is -1.01. The number of esters is 1. The van der Waals surface area contributed by atoms with Gasteiger partial charge in [0.25, 0.3) is 0 Å². The van der Waals surface area contributed by atoms with Gasteiger partial charge < -0.3 is 19.7 Å². The fraction of sp³-hybridized carbons (Fsp3) is 0.625. The van der Waals surface area contributed by atoms with Crippen molar-refractivity contribution in [3.8, 4) is 0 Å². The van der Waals surface area contributed by atoms with Crippen LogP contribution in [0.25, 0.3) is 0 Å². The van der Waals surface area contributed by atoms with E-state index in [4.69, 9.17) is 14.9 Å². The standard InChI is InChI=1S/C8H14O5/c1-3-12-8(11)6(2)13-5-7(10)4-9/h7,9-10H,2-5H2,1H3. The van der Waals surface area contributed by atoms with Crippen LogP contribution >= 0.6 is 0 Å². The predicted molar refractivity (Wildman–Crippen MR) is 44.8 cm³/mol. The molecule has 5 heteroatoms. The average molecular weight is 190 g/mol. The minimum absolute atomic E-state index is 0.172. The molecule has 0 aromatic heterocycles. The van der Waals surface area contributed by atoms with Crippen molar-refractivity contribution in [2.24, 2.45) is 0 Å². The maximum absolute atomic E-state index is 10.9. The molecule has 0 aromatic rings. The molecule has 0 radical (unpaired) electrons. The third-order valence-corrected chi connectivity index (χ3v) is 1.16. The van der Waals surface area contributed by atoms with Crippen LogP contribution in [0, 0.1) is 0 Å². The number of aliphatic hydroxyl groups excluding tert-OH is 2. The Bertz CT molecular complexity index is 177. The number of hydrogen-bond donors (Lipinski definition) is 2. The van der Waals surface area contributed by atoms with Crippen LogP contribution < -0.4 is 0 Å². The summed E-state index contributed by atoms with van der Waals surface area (Å²) in [6, 6.07) is 0. The smallest absolute Gasteiger partial charge is 0.372 e. The van der Waals surface area contributed by atoms with Crippen LogP contribution in [0.1, 0.15) is 6.92 Å². The van der Waals surface area contributed by atoms with Gasteiger partial charge in [0.15, 0.2) is 5.76 Å². The summed E-state index contributed by atoms with van der Waals surface area (Å²) in [4.78, 5) is 10.9. The molecule has 5 nitrogen and oxygen atoms in total. The highest BCUT2D eigenvalue weighted by Gasteiger charge is 2.10. The molecule has 76 valence electrons. The van der Waals surface area contributed by atoms with Crippen LogP contribution in [0.4, 0.5) is 0 Å². The Hall–Kier alpha value is -1.07. The Kier molecular flexibility index (Phi) is 5.92. The lowest BCUT2D eigenvalue weighted by Crippen LogP contribution is -2.21. The first-order valence-electron chi connectivity index (χ1n) is 3.89. The monoisotopic (exact) mass is 190 g/mol. The summed E-state index contributed by atoms with van der Waals surface area (Å²) in [5, 5.41) is 17.3. The van der Waals surface area contributed by atoms with Crippen LogP contribution in [0.3, 0.4) is 0 Å². The lowest BCUT2D eigenvalue weighted by Gasteiger charge is -2.10. The van der Waals surface area contributed by atoms with E-state index in [1.807, 2.05) is 0 Å². The summed E-state index contributed by atoms with van der Waals surface area (Å²) in [5.74, 6) is -0.831. The molecule has 2 N–H and O–H groups in total. The van der Waals surface area contributed by atoms with Gasteiger partial charge in [-0.1, -0.05) is 0 Å². The molecule has 0 heterocycles. The van der Waals surface area contributed by atoms with Crippen LogP contribution in [-0.4, -0.2) is 42.1 Å². The van der Waals surface area contributed by atoms with Crippen LogP contribution in [0.5, 0.6) is 0 Å². The second kappa shape index (κ2) is 6.45. The topological polar surface area (TPSA) is 76.0 Å². The first-order chi connectivity index (χ1) is 6.11. The molecule has 0 rings (SSSR count). The fourth-order valence-electron chi connectivity index (χ4n) is 0.520. The van der Waals surface area contributed by atoms with Gasteiger partial charge >= 0.3 is 5.97 Å². The number of aliphatic hydroxyl groups is 2. The normalized spacial score (nSPS) is 11.9. The van der Waals surface area contributed by atoms with E-state index in [1.54, 1.807) is 6.92 Å². The van der Waals surface area contributed by atoms with Crippen LogP contribution in [0.15, 0.2) is 12.3 Å². The second-order valence-electron chi connectivity index (χ2n) is 2.29. The van der Waals surface area contributed by atoms with E-state index in [1.165, 1.54) is 0 Å². The van der Waals surface area contributed by atoms with Crippen molar-refractivity contribution < 1.29 is 24.5 Å². The highest BCUT2D eigenvalue weighted by Crippen LogP contribution is 1.98. The molecular weight excluding hydrogens is 176 g/mol. The largest absolute Gasteiger partial charge is 0.484 e. The van der Waals surface area contributed by atoms with Gasteiger partial charge in [0.05, 0.1) is 13.2 Å². The van der Waals surface area contributed by atoms with Crippen molar-refractivity contribution in [1.82, 2.24) is 0 Å². The van der Waals surface area contributed by atoms with E-state index in [9.17, 15) is 4.79 Å². The number of rotatable bonds is 6. The molecule has 0 spiro atoms. The first-order valence-corrected chi connectivity index (χ1v) is 3.89. The third kappa shape index (κ3) is 5.21. The van der Waals surface area contributed by atoms with Gasteiger partial charge in [-0.15, -0.1) is 0 Å². The molecule has 1 unspecified atom stereocenters. The molecule has 0 aliphatic carbocycles. The number of carbonyl (C=O) groups is 1. The third-order valence-electron chi connectivity index (χ3n) is 1.16. The SMILES string of the molecule is C=C(OCC(O)CO)C(=O)OCC. The molecule has 0 aromatic carbocycles. The van der Waals surface area contributed by atoms with Crippen molar-refractivity contribution in [2.45, 2.75) is 13.0 Å². The molecule has 13 heavy (non-hydrogen) atoms. The molecular formula is C8H14O5. The average Bonchev–Trinajstić information content (AvgIpc) is 2.13. The van der Waals surface area contributed by atoms with Crippen LogP contribution in [0.2, 0.25) is 0 Å². The molecule has 0 aliphatic rings. The van der Waals surface area contributed by atoms with Crippen molar-refractivity contribution in [3.63, 3.8) is 0 Å². The maximum atomic E-state index is 10.9. The van der Waals surface area contributed by atoms with E-state index in [0.717, 1.165) is 0 Å². The molecule has 1 atom stereocenters. The Morgan fingerprint density at radius 1 is 1.54 bits per heavy atom.